The summed E-state index contributed by atoms with van der Waals surface area (Å²) in [5.41, 5.74) is 10.6. The number of nitrogens with one attached hydrogen (secondary N) is 2. The summed E-state index contributed by atoms with van der Waals surface area (Å²) in [4.78, 5) is 12.8. The summed E-state index contributed by atoms with van der Waals surface area (Å²) in [6.07, 6.45) is 2.08. The van der Waals surface area contributed by atoms with Crippen molar-refractivity contribution in [3.63, 3.8) is 0 Å². The van der Waals surface area contributed by atoms with Crippen LogP contribution in [0, 0.1) is 11.3 Å². The van der Waals surface area contributed by atoms with Gasteiger partial charge in [0.15, 0.2) is 5.96 Å². The molecule has 1 fully saturated rings. The number of hydrogen-bond donors (Lipinski definition) is 4. The van der Waals surface area contributed by atoms with Gasteiger partial charge in [0.05, 0.1) is 6.54 Å². The Hall–Kier alpha value is -1.30. The van der Waals surface area contributed by atoms with E-state index in [0.29, 0.717) is 12.5 Å². The molecular weight excluding hydrogens is 194 g/mol. The van der Waals surface area contributed by atoms with Gasteiger partial charge in [-0.1, -0.05) is 0 Å². The van der Waals surface area contributed by atoms with E-state index in [4.69, 9.17) is 16.9 Å². The zero-order valence-electron chi connectivity index (χ0n) is 8.83. The average molecular weight is 213 g/mol. The van der Waals surface area contributed by atoms with E-state index < -0.39 is 0 Å². The van der Waals surface area contributed by atoms with Gasteiger partial charge in [-0.2, -0.15) is 0 Å². The van der Waals surface area contributed by atoms with Gasteiger partial charge in [-0.3, -0.25) is 10.2 Å². The molecule has 15 heavy (non-hydrogen) atoms. The highest BCUT2D eigenvalue weighted by Crippen LogP contribution is 2.14. The van der Waals surface area contributed by atoms with Gasteiger partial charge in [0.25, 0.3) is 0 Å². The monoisotopic (exact) mass is 213 g/mol. The summed E-state index contributed by atoms with van der Waals surface area (Å²) in [5.74, 6) is 0.359. The Labute approximate surface area is 89.5 Å². The molecule has 6 nitrogen and oxygen atoms in total. The van der Waals surface area contributed by atoms with E-state index in [2.05, 4.69) is 5.32 Å². The van der Waals surface area contributed by atoms with Crippen LogP contribution in [0.25, 0.3) is 0 Å². The Bertz CT molecular complexity index is 243. The van der Waals surface area contributed by atoms with Crippen molar-refractivity contribution in [3.8, 4) is 0 Å². The number of amides is 1. The van der Waals surface area contributed by atoms with Crippen LogP contribution in [0.5, 0.6) is 0 Å². The molecule has 1 amide bonds. The van der Waals surface area contributed by atoms with Crippen molar-refractivity contribution in [1.82, 2.24) is 10.2 Å². The lowest BCUT2D eigenvalue weighted by Crippen LogP contribution is -2.46. The van der Waals surface area contributed by atoms with E-state index in [1.165, 1.54) is 0 Å². The van der Waals surface area contributed by atoms with Crippen molar-refractivity contribution in [3.05, 3.63) is 0 Å². The maximum Gasteiger partial charge on any atom is 0.233 e. The first-order valence-corrected chi connectivity index (χ1v) is 5.19. The SMILES string of the molecule is N=C(N)N1CCC[C@H](CNC(=O)CN)C1. The number of likely N-dealkylation sites (tertiary alicyclic amines) is 1. The molecule has 0 aliphatic carbocycles. The Morgan fingerprint density at radius 3 is 2.93 bits per heavy atom. The molecule has 86 valence electrons. The van der Waals surface area contributed by atoms with Gasteiger partial charge in [-0.15, -0.1) is 0 Å². The van der Waals surface area contributed by atoms with Gasteiger partial charge < -0.3 is 21.7 Å². The molecule has 0 aromatic rings. The van der Waals surface area contributed by atoms with E-state index in [-0.39, 0.29) is 18.4 Å². The van der Waals surface area contributed by atoms with Crippen LogP contribution in [0.2, 0.25) is 0 Å². The largest absolute Gasteiger partial charge is 0.370 e. The highest BCUT2D eigenvalue weighted by Gasteiger charge is 2.20. The number of rotatable bonds is 3. The number of carbonyl (C=O) groups is 1. The summed E-state index contributed by atoms with van der Waals surface area (Å²) in [6.45, 7) is 2.25. The molecule has 1 atom stereocenters. The third kappa shape index (κ3) is 3.75. The molecule has 0 spiro atoms. The van der Waals surface area contributed by atoms with Gasteiger partial charge >= 0.3 is 0 Å². The molecule has 1 aliphatic rings. The second-order valence-corrected chi connectivity index (χ2v) is 3.85. The molecule has 0 saturated carbocycles. The van der Waals surface area contributed by atoms with Crippen LogP contribution in [-0.4, -0.2) is 42.9 Å². The molecule has 0 aromatic carbocycles. The molecule has 0 radical (unpaired) electrons. The van der Waals surface area contributed by atoms with E-state index in [0.717, 1.165) is 25.9 Å². The standard InChI is InChI=1S/C9H19N5O/c10-4-8(15)13-5-7-2-1-3-14(6-7)9(11)12/h7H,1-6,10H2,(H3,11,12)(H,13,15)/t7-/m1/s1. The van der Waals surface area contributed by atoms with Gasteiger partial charge in [-0.25, -0.2) is 0 Å². The number of guanidine groups is 1. The fourth-order valence-corrected chi connectivity index (χ4v) is 1.78. The number of hydrogen-bond acceptors (Lipinski definition) is 3. The minimum Gasteiger partial charge on any atom is -0.370 e. The first-order valence-electron chi connectivity index (χ1n) is 5.19. The number of piperidine rings is 1. The molecule has 1 rings (SSSR count). The number of nitrogens with zero attached hydrogens (tertiary/aromatic N) is 1. The summed E-state index contributed by atoms with van der Waals surface area (Å²) in [6, 6.07) is 0. The zero-order valence-corrected chi connectivity index (χ0v) is 8.83. The number of nitrogens with two attached hydrogens (primary N) is 2. The van der Waals surface area contributed by atoms with E-state index in [1.54, 1.807) is 0 Å². The molecular formula is C9H19N5O. The van der Waals surface area contributed by atoms with Crippen molar-refractivity contribution in [2.45, 2.75) is 12.8 Å². The third-order valence-electron chi connectivity index (χ3n) is 2.63. The maximum atomic E-state index is 11.0. The average Bonchev–Trinajstić information content (AvgIpc) is 2.26. The second kappa shape index (κ2) is 5.55. The molecule has 0 bridgehead atoms. The van der Waals surface area contributed by atoms with E-state index in [9.17, 15) is 4.79 Å². The molecule has 6 N–H and O–H groups in total. The lowest BCUT2D eigenvalue weighted by molar-refractivity contribution is -0.119. The van der Waals surface area contributed by atoms with Crippen LogP contribution in [0.3, 0.4) is 0 Å². The third-order valence-corrected chi connectivity index (χ3v) is 2.63. The molecule has 1 aliphatic heterocycles. The van der Waals surface area contributed by atoms with Crippen molar-refractivity contribution < 1.29 is 4.79 Å². The molecule has 0 unspecified atom stereocenters. The maximum absolute atomic E-state index is 11.0. The summed E-state index contributed by atoms with van der Waals surface area (Å²) in [7, 11) is 0. The smallest absolute Gasteiger partial charge is 0.233 e. The fraction of sp³-hybridized carbons (Fsp3) is 0.778. The molecule has 1 heterocycles. The van der Waals surface area contributed by atoms with Crippen molar-refractivity contribution in [2.24, 2.45) is 17.4 Å². The predicted molar refractivity (Wildman–Crippen MR) is 58.3 cm³/mol. The molecule has 1 saturated heterocycles. The van der Waals surface area contributed by atoms with Crippen LogP contribution in [0.4, 0.5) is 0 Å². The lowest BCUT2D eigenvalue weighted by Gasteiger charge is -2.32. The fourth-order valence-electron chi connectivity index (χ4n) is 1.78. The molecule has 0 aromatic heterocycles. The lowest BCUT2D eigenvalue weighted by atomic mass is 9.98. The Balaban J connectivity index is 2.30. The van der Waals surface area contributed by atoms with Crippen LogP contribution < -0.4 is 16.8 Å². The van der Waals surface area contributed by atoms with Gasteiger partial charge in [0, 0.05) is 19.6 Å². The summed E-state index contributed by atoms with van der Waals surface area (Å²) in [5, 5.41) is 10.1. The van der Waals surface area contributed by atoms with Crippen molar-refractivity contribution in [2.75, 3.05) is 26.2 Å². The predicted octanol–water partition coefficient (Wildman–Crippen LogP) is -1.33. The van der Waals surface area contributed by atoms with Gasteiger partial charge in [0.2, 0.25) is 5.91 Å². The normalized spacial score (nSPS) is 21.1. The topological polar surface area (TPSA) is 108 Å². The van der Waals surface area contributed by atoms with Crippen LogP contribution in [0.15, 0.2) is 0 Å². The van der Waals surface area contributed by atoms with Gasteiger partial charge in [0.1, 0.15) is 0 Å². The highest BCUT2D eigenvalue weighted by molar-refractivity contribution is 5.77. The Morgan fingerprint density at radius 1 is 1.60 bits per heavy atom. The van der Waals surface area contributed by atoms with E-state index in [1.807, 2.05) is 4.90 Å². The van der Waals surface area contributed by atoms with Crippen molar-refractivity contribution in [1.29, 1.82) is 5.41 Å². The Morgan fingerprint density at radius 2 is 2.33 bits per heavy atom. The first-order chi connectivity index (χ1) is 7.13. The van der Waals surface area contributed by atoms with Crippen LogP contribution >= 0.6 is 0 Å². The van der Waals surface area contributed by atoms with Gasteiger partial charge in [-0.05, 0) is 18.8 Å². The highest BCUT2D eigenvalue weighted by atomic mass is 16.1. The second-order valence-electron chi connectivity index (χ2n) is 3.85. The summed E-state index contributed by atoms with van der Waals surface area (Å²) < 4.78 is 0. The minimum absolute atomic E-state index is 0.0309. The zero-order chi connectivity index (χ0) is 11.3. The Kier molecular flexibility index (Phi) is 4.36. The molecule has 6 heteroatoms. The van der Waals surface area contributed by atoms with E-state index >= 15 is 0 Å². The quantitative estimate of drug-likeness (QED) is 0.344. The minimum atomic E-state index is -0.130. The first kappa shape index (κ1) is 11.8. The number of carbonyl (C=O) groups excluding carboxylic acids is 1. The summed E-state index contributed by atoms with van der Waals surface area (Å²) >= 11 is 0. The van der Waals surface area contributed by atoms with Crippen LogP contribution in [0.1, 0.15) is 12.8 Å². The van der Waals surface area contributed by atoms with Crippen molar-refractivity contribution >= 4 is 11.9 Å². The van der Waals surface area contributed by atoms with Crippen LogP contribution in [-0.2, 0) is 4.79 Å².